The Morgan fingerprint density at radius 1 is 1.16 bits per heavy atom. The van der Waals surface area contributed by atoms with Gasteiger partial charge in [-0.25, -0.2) is 18.9 Å². The zero-order chi connectivity index (χ0) is 27.2. The molecule has 0 unspecified atom stereocenters. The number of hydrogen-bond acceptors (Lipinski definition) is 5. The number of hydrogen-bond donors (Lipinski definition) is 3. The molecule has 0 aliphatic heterocycles. The molecule has 4 rings (SSSR count). The molecule has 0 radical (unpaired) electrons. The van der Waals surface area contributed by atoms with Gasteiger partial charge in [0.15, 0.2) is 11.6 Å². The van der Waals surface area contributed by atoms with Gasteiger partial charge in [0.25, 0.3) is 5.91 Å². The van der Waals surface area contributed by atoms with Crippen LogP contribution in [0.15, 0.2) is 54.9 Å². The highest BCUT2D eigenvalue weighted by Gasteiger charge is 2.23. The zero-order valence-electron chi connectivity index (χ0n) is 21.2. The Balaban J connectivity index is 1.57. The average molecular weight is 525 g/mol. The number of fused-ring (bicyclic) bond motifs is 1. The molecule has 2 aromatic heterocycles. The fourth-order valence-corrected chi connectivity index (χ4v) is 4.31. The lowest BCUT2D eigenvalue weighted by atomic mass is 10.0. The molecular formula is C27H30F2N6O3. The van der Waals surface area contributed by atoms with Crippen molar-refractivity contribution >= 4 is 22.7 Å². The second-order valence-electron chi connectivity index (χ2n) is 9.68. The van der Waals surface area contributed by atoms with E-state index in [0.717, 1.165) is 28.6 Å². The average Bonchev–Trinajstić information content (AvgIpc) is 3.54. The largest absolute Gasteiger partial charge is 0.361 e. The lowest BCUT2D eigenvalue weighted by molar-refractivity contribution is -0.130. The first-order chi connectivity index (χ1) is 18.2. The van der Waals surface area contributed by atoms with Gasteiger partial charge in [-0.15, -0.1) is 5.10 Å². The van der Waals surface area contributed by atoms with Crippen molar-refractivity contribution in [3.05, 3.63) is 83.3 Å². The number of para-hydroxylation sites is 1. The summed E-state index contributed by atoms with van der Waals surface area (Å²) in [6.07, 6.45) is 4.61. The normalized spacial score (nSPS) is 12.2. The minimum Gasteiger partial charge on any atom is -0.361 e. The van der Waals surface area contributed by atoms with Gasteiger partial charge in [-0.05, 0) is 48.6 Å². The van der Waals surface area contributed by atoms with Gasteiger partial charge in [-0.3, -0.25) is 14.8 Å². The number of nitrogens with one attached hydrogen (secondary N) is 2. The first kappa shape index (κ1) is 26.9. The van der Waals surface area contributed by atoms with Crippen LogP contribution < -0.4 is 5.48 Å². The van der Waals surface area contributed by atoms with E-state index in [9.17, 15) is 18.4 Å². The Kier molecular flexibility index (Phi) is 8.47. The molecule has 0 fully saturated rings. The summed E-state index contributed by atoms with van der Waals surface area (Å²) in [6, 6.07) is 10.4. The molecule has 0 saturated heterocycles. The number of H-pyrrole nitrogens is 1. The third-order valence-electron chi connectivity index (χ3n) is 6.39. The van der Waals surface area contributed by atoms with Crippen molar-refractivity contribution in [2.24, 2.45) is 5.92 Å². The van der Waals surface area contributed by atoms with Gasteiger partial charge >= 0.3 is 0 Å². The van der Waals surface area contributed by atoms with E-state index in [0.29, 0.717) is 31.0 Å². The number of carbonyl (C=O) groups is 2. The van der Waals surface area contributed by atoms with Crippen molar-refractivity contribution in [1.29, 1.82) is 0 Å². The van der Waals surface area contributed by atoms with E-state index < -0.39 is 29.5 Å². The van der Waals surface area contributed by atoms with Crippen molar-refractivity contribution < 1.29 is 23.6 Å². The zero-order valence-corrected chi connectivity index (χ0v) is 21.2. The fraction of sp³-hybridized carbons (Fsp3) is 0.333. The molecule has 0 aliphatic rings. The first-order valence-corrected chi connectivity index (χ1v) is 12.4. The Morgan fingerprint density at radius 2 is 1.95 bits per heavy atom. The predicted octanol–water partition coefficient (Wildman–Crippen LogP) is 4.41. The fourth-order valence-electron chi connectivity index (χ4n) is 4.31. The molecule has 0 spiro atoms. The smallest absolute Gasteiger partial charge is 0.254 e. The summed E-state index contributed by atoms with van der Waals surface area (Å²) in [4.78, 5) is 30.0. The summed E-state index contributed by atoms with van der Waals surface area (Å²) in [5.41, 5.74) is 4.11. The number of aromatic amines is 1. The van der Waals surface area contributed by atoms with Crippen molar-refractivity contribution in [2.45, 2.75) is 45.7 Å². The molecule has 9 nitrogen and oxygen atoms in total. The van der Waals surface area contributed by atoms with Crippen LogP contribution in [0.3, 0.4) is 0 Å². The summed E-state index contributed by atoms with van der Waals surface area (Å²) in [6.45, 7) is 4.53. The van der Waals surface area contributed by atoms with Crippen LogP contribution in [0.1, 0.15) is 54.3 Å². The third kappa shape index (κ3) is 6.41. The molecule has 2 amide bonds. The number of benzene rings is 2. The molecule has 4 aromatic rings. The summed E-state index contributed by atoms with van der Waals surface area (Å²) in [7, 11) is 0. The van der Waals surface area contributed by atoms with Crippen LogP contribution in [0.5, 0.6) is 0 Å². The van der Waals surface area contributed by atoms with Crippen molar-refractivity contribution in [2.75, 3.05) is 6.54 Å². The number of amides is 2. The number of nitrogens with zero attached hydrogens (tertiary/aromatic N) is 4. The number of hydroxylamine groups is 1. The van der Waals surface area contributed by atoms with Gasteiger partial charge in [0.2, 0.25) is 5.91 Å². The van der Waals surface area contributed by atoms with Crippen molar-refractivity contribution in [1.82, 2.24) is 30.4 Å². The maximum Gasteiger partial charge on any atom is 0.254 e. The third-order valence-corrected chi connectivity index (χ3v) is 6.39. The van der Waals surface area contributed by atoms with Crippen LogP contribution in [0.25, 0.3) is 10.9 Å². The molecule has 0 saturated carbocycles. The maximum absolute atomic E-state index is 13.8. The van der Waals surface area contributed by atoms with Crippen LogP contribution in [-0.2, 0) is 17.8 Å². The molecule has 38 heavy (non-hydrogen) atoms. The van der Waals surface area contributed by atoms with Gasteiger partial charge in [-0.1, -0.05) is 37.3 Å². The predicted molar refractivity (Wildman–Crippen MR) is 136 cm³/mol. The molecule has 3 N–H and O–H groups in total. The number of halogens is 2. The summed E-state index contributed by atoms with van der Waals surface area (Å²) in [5.74, 6) is -2.82. The highest BCUT2D eigenvalue weighted by molar-refractivity contribution is 5.94. The Labute approximate surface area is 218 Å². The lowest BCUT2D eigenvalue weighted by Crippen LogP contribution is -2.32. The van der Waals surface area contributed by atoms with Gasteiger partial charge < -0.3 is 9.88 Å². The summed E-state index contributed by atoms with van der Waals surface area (Å²) < 4.78 is 28.8. The number of carbonyl (C=O) groups excluding carboxylic acids is 2. The van der Waals surface area contributed by atoms with E-state index in [1.54, 1.807) is 16.4 Å². The lowest BCUT2D eigenvalue weighted by Gasteiger charge is -2.23. The van der Waals surface area contributed by atoms with Crippen molar-refractivity contribution in [3.63, 3.8) is 0 Å². The second kappa shape index (κ2) is 12.0. The molecule has 0 aliphatic carbocycles. The van der Waals surface area contributed by atoms with Gasteiger partial charge in [0, 0.05) is 29.2 Å². The van der Waals surface area contributed by atoms with Crippen LogP contribution in [0, 0.1) is 17.6 Å². The molecule has 0 bridgehead atoms. The highest BCUT2D eigenvalue weighted by atomic mass is 19.2. The van der Waals surface area contributed by atoms with E-state index in [2.05, 4.69) is 15.3 Å². The Hall–Kier alpha value is -4.12. The Morgan fingerprint density at radius 3 is 2.68 bits per heavy atom. The quantitative estimate of drug-likeness (QED) is 0.199. The minimum atomic E-state index is -1.09. The standard InChI is InChI=1S/C27H30F2N6O3/c1-17(2)9-10-34(27(37)18-7-8-23(28)24(29)12-18)15-20-16-35(33-31-20)21(13-26(36)32-38)11-19-14-30-25-6-4-3-5-22(19)25/h3-8,12,14,16-17,21,30,38H,9-11,13,15H2,1-2H3,(H,32,36)/t21-/m1/s1. The Bertz CT molecular complexity index is 1420. The molecule has 2 aromatic carbocycles. The minimum absolute atomic E-state index is 0.0388. The molecule has 1 atom stereocenters. The molecule has 200 valence electrons. The topological polar surface area (TPSA) is 116 Å². The van der Waals surface area contributed by atoms with E-state index >= 15 is 0 Å². The van der Waals surface area contributed by atoms with Crippen molar-refractivity contribution in [3.8, 4) is 0 Å². The number of aromatic nitrogens is 4. The van der Waals surface area contributed by atoms with E-state index in [1.165, 1.54) is 11.0 Å². The van der Waals surface area contributed by atoms with Gasteiger partial charge in [0.05, 0.1) is 25.2 Å². The van der Waals surface area contributed by atoms with Crippen LogP contribution in [-0.4, -0.2) is 48.4 Å². The van der Waals surface area contributed by atoms with E-state index in [4.69, 9.17) is 5.21 Å². The van der Waals surface area contributed by atoms with Gasteiger partial charge in [0.1, 0.15) is 5.69 Å². The number of rotatable bonds is 11. The maximum atomic E-state index is 13.8. The van der Waals surface area contributed by atoms with Crippen LogP contribution in [0.2, 0.25) is 0 Å². The van der Waals surface area contributed by atoms with Crippen LogP contribution in [0.4, 0.5) is 8.78 Å². The van der Waals surface area contributed by atoms with Crippen LogP contribution >= 0.6 is 0 Å². The van der Waals surface area contributed by atoms with E-state index in [-0.39, 0.29) is 18.5 Å². The SMILES string of the molecule is CC(C)CCN(Cc1cn([C@@H](CC(=O)NO)Cc2c[nH]c3ccccc23)nn1)C(=O)c1ccc(F)c(F)c1. The van der Waals surface area contributed by atoms with Gasteiger partial charge in [-0.2, -0.15) is 0 Å². The second-order valence-corrected chi connectivity index (χ2v) is 9.68. The first-order valence-electron chi connectivity index (χ1n) is 12.4. The summed E-state index contributed by atoms with van der Waals surface area (Å²) >= 11 is 0. The highest BCUT2D eigenvalue weighted by Crippen LogP contribution is 2.25. The van der Waals surface area contributed by atoms with E-state index in [1.807, 2.05) is 44.3 Å². The monoisotopic (exact) mass is 524 g/mol. The molecule has 2 heterocycles. The molecular weight excluding hydrogens is 494 g/mol. The summed E-state index contributed by atoms with van der Waals surface area (Å²) in [5, 5.41) is 18.6. The molecule has 11 heteroatoms.